The molecule has 0 bridgehead atoms. The molecule has 3 aromatic carbocycles. The van der Waals surface area contributed by atoms with Crippen molar-refractivity contribution in [2.24, 2.45) is 0 Å². The Morgan fingerprint density at radius 1 is 0.593 bits per heavy atom. The number of hydrogen-bond acceptors (Lipinski definition) is 10. The number of carbonyl (C=O) groups excluding carboxylic acids is 3. The van der Waals surface area contributed by atoms with Crippen LogP contribution in [-0.2, 0) is 49.9 Å². The zero-order valence-corrected chi connectivity index (χ0v) is 34.7. The fourth-order valence-corrected chi connectivity index (χ4v) is 11.3. The van der Waals surface area contributed by atoms with Crippen molar-refractivity contribution in [2.75, 3.05) is 5.73 Å². The Kier molecular flexibility index (Phi) is 10.0. The van der Waals surface area contributed by atoms with Crippen LogP contribution in [-0.4, -0.2) is 44.4 Å². The number of benzene rings is 3. The second-order valence-corrected chi connectivity index (χ2v) is 19.4. The Bertz CT molecular complexity index is 2320. The molecule has 0 unspecified atom stereocenters. The highest BCUT2D eigenvalue weighted by Crippen LogP contribution is 2.57. The van der Waals surface area contributed by atoms with Crippen LogP contribution in [0.5, 0.6) is 0 Å². The Morgan fingerprint density at radius 3 is 1.34 bits per heavy atom. The summed E-state index contributed by atoms with van der Waals surface area (Å²) in [5, 5.41) is 38.5. The highest BCUT2D eigenvalue weighted by molar-refractivity contribution is 9.10. The maximum Gasteiger partial charge on any atom is 0.454 e. The second kappa shape index (κ2) is 14.7. The quantitative estimate of drug-likeness (QED) is 0.0970. The van der Waals surface area contributed by atoms with E-state index < -0.39 is 17.5 Å². The van der Waals surface area contributed by atoms with Gasteiger partial charge in [0, 0.05) is 53.7 Å². The normalized spacial score (nSPS) is 22.6. The number of rotatable bonds is 5. The van der Waals surface area contributed by atoms with E-state index in [1.54, 1.807) is 18.2 Å². The molecule has 308 valence electrons. The number of Topliss-reactive ketones (excluding diaryl/α,β-unsaturated/α-hetero) is 3. The molecule has 0 amide bonds. The van der Waals surface area contributed by atoms with Crippen LogP contribution in [0, 0.1) is 20.2 Å². The third-order valence-electron chi connectivity index (χ3n) is 15.0. The lowest BCUT2D eigenvalue weighted by molar-refractivity contribution is -0.385. The van der Waals surface area contributed by atoms with E-state index >= 15 is 0 Å². The molecule has 0 aliphatic heterocycles. The van der Waals surface area contributed by atoms with Crippen LogP contribution >= 0.6 is 15.9 Å². The van der Waals surface area contributed by atoms with Crippen molar-refractivity contribution >= 4 is 57.5 Å². The highest BCUT2D eigenvalue weighted by atomic mass is 79.9. The first kappa shape index (κ1) is 40.2. The summed E-state index contributed by atoms with van der Waals surface area (Å²) in [6.07, 6.45) is 17.2. The van der Waals surface area contributed by atoms with Crippen molar-refractivity contribution in [2.45, 2.75) is 149 Å². The summed E-state index contributed by atoms with van der Waals surface area (Å²) in [7, 11) is -1.04. The van der Waals surface area contributed by atoms with Gasteiger partial charge in [-0.1, -0.05) is 48.0 Å². The molecular formula is C45H49BBrN3O9. The largest absolute Gasteiger partial charge is 0.454 e. The zero-order chi connectivity index (χ0) is 41.6. The fourth-order valence-electron chi connectivity index (χ4n) is 10.7. The monoisotopic (exact) mass is 865 g/mol. The highest BCUT2D eigenvalue weighted by Gasteiger charge is 2.54. The first-order chi connectivity index (χ1) is 28.2. The SMILES string of the molecule is Nc1cc(C2CC2)c2c(c1)C1(CCC1)C(=O)C2.O=C1Cc2c(Br)cc([N+](=O)[O-])cc2C12CCC2.O=C1Cc2c(C3CC3)cc([N+](=O)[O-])cc2C12CCC2.OB(O)C1CC1. The number of nitrogens with two attached hydrogens (primary N) is 1. The van der Waals surface area contributed by atoms with E-state index in [4.69, 9.17) is 15.8 Å². The molecule has 59 heavy (non-hydrogen) atoms. The van der Waals surface area contributed by atoms with Crippen LogP contribution < -0.4 is 5.73 Å². The van der Waals surface area contributed by atoms with Crippen LogP contribution in [0.25, 0.3) is 0 Å². The number of hydrogen-bond donors (Lipinski definition) is 3. The fraction of sp³-hybridized carbons (Fsp3) is 0.533. The topological polar surface area (TPSA) is 204 Å². The molecule has 12 rings (SSSR count). The van der Waals surface area contributed by atoms with Crippen LogP contribution in [0.1, 0.15) is 153 Å². The first-order valence-corrected chi connectivity index (χ1v) is 22.1. The molecule has 14 heteroatoms. The number of non-ortho nitro benzene ring substituents is 2. The minimum atomic E-state index is -1.04. The molecule has 6 saturated carbocycles. The van der Waals surface area contributed by atoms with E-state index in [1.165, 1.54) is 42.0 Å². The molecule has 0 heterocycles. The lowest BCUT2D eigenvalue weighted by Crippen LogP contribution is -2.39. The molecule has 4 N–H and O–H groups in total. The number of anilines is 1. The van der Waals surface area contributed by atoms with Crippen LogP contribution in [0.4, 0.5) is 17.1 Å². The van der Waals surface area contributed by atoms with Gasteiger partial charge < -0.3 is 15.8 Å². The van der Waals surface area contributed by atoms with Gasteiger partial charge in [-0.05, 0) is 139 Å². The standard InChI is InChI=1S/C15H15NO3.C15H17NO.C12H10BrNO3.C3H7BO2/c17-14-8-12-11(9-2-3-9)6-10(16(18)19)7-13(12)15(14)4-1-5-15;16-10-6-11(9-2-3-9)12-8-14(17)15(4-1-5-15)13(12)7-10;13-10-5-7(14(16)17)4-9-8(10)6-11(15)12(9)2-1-3-12;5-4(6)3-1-2-3/h6-7,9H,1-5,8H2;6-7,9H,1-5,8,16H2;4-5H,1-3,6H2;3,5-6H,1-2H2. The molecule has 0 aromatic heterocycles. The number of carbonyl (C=O) groups is 3. The van der Waals surface area contributed by atoms with Gasteiger partial charge in [-0.25, -0.2) is 0 Å². The molecule has 12 nitrogen and oxygen atoms in total. The predicted octanol–water partition coefficient (Wildman–Crippen LogP) is 8.24. The van der Waals surface area contributed by atoms with E-state index in [0.717, 1.165) is 111 Å². The zero-order valence-electron chi connectivity index (χ0n) is 33.1. The minimum Gasteiger partial charge on any atom is -0.427 e. The van der Waals surface area contributed by atoms with Gasteiger partial charge in [0.15, 0.2) is 0 Å². The van der Waals surface area contributed by atoms with Crippen molar-refractivity contribution in [3.63, 3.8) is 0 Å². The van der Waals surface area contributed by atoms with Crippen molar-refractivity contribution < 1.29 is 34.3 Å². The number of nitro groups is 2. The average Bonchev–Trinajstić information content (AvgIpc) is 4.00. The van der Waals surface area contributed by atoms with Crippen molar-refractivity contribution in [1.29, 1.82) is 0 Å². The van der Waals surface area contributed by atoms with E-state index in [-0.39, 0.29) is 44.5 Å². The number of nitrogen functional groups attached to an aromatic ring is 1. The third-order valence-corrected chi connectivity index (χ3v) is 15.7. The van der Waals surface area contributed by atoms with Crippen LogP contribution in [0.3, 0.4) is 0 Å². The molecule has 0 radical (unpaired) electrons. The molecule has 3 spiro atoms. The Labute approximate surface area is 351 Å². The van der Waals surface area contributed by atoms with E-state index in [0.29, 0.717) is 41.4 Å². The smallest absolute Gasteiger partial charge is 0.427 e. The number of nitro benzene ring substituents is 2. The van der Waals surface area contributed by atoms with Gasteiger partial charge in [-0.15, -0.1) is 0 Å². The molecule has 0 saturated heterocycles. The maximum atomic E-state index is 12.3. The van der Waals surface area contributed by atoms with Crippen molar-refractivity contribution in [3.05, 3.63) is 106 Å². The number of fused-ring (bicyclic) bond motifs is 6. The Hall–Kier alpha value is -4.27. The third kappa shape index (κ3) is 6.87. The summed E-state index contributed by atoms with van der Waals surface area (Å²) < 4.78 is 0.693. The van der Waals surface area contributed by atoms with Crippen molar-refractivity contribution in [1.82, 2.24) is 0 Å². The van der Waals surface area contributed by atoms with Gasteiger partial charge in [-0.2, -0.15) is 0 Å². The van der Waals surface area contributed by atoms with Gasteiger partial charge >= 0.3 is 7.12 Å². The van der Waals surface area contributed by atoms with E-state index in [2.05, 4.69) is 28.1 Å². The molecule has 9 aliphatic carbocycles. The van der Waals surface area contributed by atoms with E-state index in [9.17, 15) is 34.6 Å². The second-order valence-electron chi connectivity index (χ2n) is 18.6. The molecule has 9 aliphatic rings. The summed E-state index contributed by atoms with van der Waals surface area (Å²) in [5.41, 5.74) is 15.3. The maximum absolute atomic E-state index is 12.3. The number of nitrogens with zero attached hydrogens (tertiary/aromatic N) is 2. The minimum absolute atomic E-state index is 0.0663. The molecule has 3 aromatic rings. The predicted molar refractivity (Wildman–Crippen MR) is 225 cm³/mol. The Balaban J connectivity index is 0.000000107. The average molecular weight is 867 g/mol. The summed E-state index contributed by atoms with van der Waals surface area (Å²) in [5.74, 6) is 2.32. The summed E-state index contributed by atoms with van der Waals surface area (Å²) in [4.78, 5) is 58.0. The molecular weight excluding hydrogens is 817 g/mol. The van der Waals surface area contributed by atoms with Gasteiger partial charge in [0.25, 0.3) is 11.4 Å². The van der Waals surface area contributed by atoms with Gasteiger partial charge in [0.2, 0.25) is 0 Å². The first-order valence-electron chi connectivity index (χ1n) is 21.4. The van der Waals surface area contributed by atoms with Crippen LogP contribution in [0.15, 0.2) is 40.9 Å². The van der Waals surface area contributed by atoms with Crippen molar-refractivity contribution in [3.8, 4) is 0 Å². The lowest BCUT2D eigenvalue weighted by Gasteiger charge is -2.37. The lowest BCUT2D eigenvalue weighted by atomic mass is 9.64. The summed E-state index contributed by atoms with van der Waals surface area (Å²) in [6.45, 7) is 0. The molecule has 6 fully saturated rings. The van der Waals surface area contributed by atoms with Crippen LogP contribution in [0.2, 0.25) is 5.82 Å². The number of halogens is 1. The Morgan fingerprint density at radius 2 is 0.983 bits per heavy atom. The number of ketones is 3. The molecule has 0 atom stereocenters. The van der Waals surface area contributed by atoms with Gasteiger partial charge in [0.05, 0.1) is 26.1 Å². The van der Waals surface area contributed by atoms with Gasteiger partial charge in [0.1, 0.15) is 17.3 Å². The van der Waals surface area contributed by atoms with Gasteiger partial charge in [-0.3, -0.25) is 34.6 Å². The van der Waals surface area contributed by atoms with E-state index in [1.807, 2.05) is 0 Å². The summed E-state index contributed by atoms with van der Waals surface area (Å²) in [6, 6.07) is 10.6. The summed E-state index contributed by atoms with van der Waals surface area (Å²) >= 11 is 3.34.